The van der Waals surface area contributed by atoms with Crippen molar-refractivity contribution in [2.75, 3.05) is 0 Å². The number of aliphatic hydroxyl groups excluding tert-OH is 1. The van der Waals surface area contributed by atoms with E-state index >= 15 is 0 Å². The molecule has 0 atom stereocenters. The second kappa shape index (κ2) is 5.00. The Morgan fingerprint density at radius 1 is 1.20 bits per heavy atom. The van der Waals surface area contributed by atoms with E-state index in [0.717, 1.165) is 5.56 Å². The molecule has 1 rings (SSSR count). The summed E-state index contributed by atoms with van der Waals surface area (Å²) in [5.41, 5.74) is 0.920. The van der Waals surface area contributed by atoms with Gasteiger partial charge in [0.25, 0.3) is 0 Å². The maximum Gasteiger partial charge on any atom is 0.331 e. The first-order valence-corrected chi connectivity index (χ1v) is 4.47. The minimum Gasteiger partial charge on any atom is -0.508 e. The highest BCUT2D eigenvalue weighted by Gasteiger charge is 2.00. The zero-order valence-corrected chi connectivity index (χ0v) is 8.34. The molecule has 0 bridgehead atoms. The highest BCUT2D eigenvalue weighted by atomic mass is 16.4. The summed E-state index contributed by atoms with van der Waals surface area (Å²) in [7, 11) is 0. The lowest BCUT2D eigenvalue weighted by molar-refractivity contribution is -0.132. The van der Waals surface area contributed by atoms with Crippen LogP contribution in [-0.4, -0.2) is 16.2 Å². The quantitative estimate of drug-likeness (QED) is 0.452. The Morgan fingerprint density at radius 2 is 1.80 bits per heavy atom. The minimum absolute atomic E-state index is 0.0684. The summed E-state index contributed by atoms with van der Waals surface area (Å²) in [5.74, 6) is -1.11. The molecule has 0 aliphatic carbocycles. The lowest BCUT2D eigenvalue weighted by atomic mass is 10.2. The highest BCUT2D eigenvalue weighted by molar-refractivity contribution is 5.86. The average molecular weight is 204 g/mol. The molecule has 0 aliphatic heterocycles. The van der Waals surface area contributed by atoms with Crippen molar-refractivity contribution in [2.45, 2.75) is 6.92 Å². The predicted molar refractivity (Wildman–Crippen MR) is 58.4 cm³/mol. The topological polar surface area (TPSA) is 57.5 Å². The number of aliphatic carboxylic acids is 1. The van der Waals surface area contributed by atoms with Crippen molar-refractivity contribution in [2.24, 2.45) is 0 Å². The van der Waals surface area contributed by atoms with Crippen LogP contribution in [0.15, 0.2) is 47.7 Å². The van der Waals surface area contributed by atoms with Gasteiger partial charge in [0.05, 0.1) is 0 Å². The maximum absolute atomic E-state index is 10.5. The van der Waals surface area contributed by atoms with Gasteiger partial charge in [0, 0.05) is 5.57 Å². The molecule has 0 amide bonds. The van der Waals surface area contributed by atoms with Gasteiger partial charge in [-0.25, -0.2) is 4.79 Å². The van der Waals surface area contributed by atoms with Crippen molar-refractivity contribution in [1.29, 1.82) is 0 Å². The smallest absolute Gasteiger partial charge is 0.331 e. The van der Waals surface area contributed by atoms with E-state index in [0.29, 0.717) is 0 Å². The summed E-state index contributed by atoms with van der Waals surface area (Å²) in [5, 5.41) is 18.0. The van der Waals surface area contributed by atoms with Gasteiger partial charge in [0.2, 0.25) is 0 Å². The molecular formula is C12H12O3. The van der Waals surface area contributed by atoms with Crippen LogP contribution < -0.4 is 0 Å². The van der Waals surface area contributed by atoms with Gasteiger partial charge in [0.1, 0.15) is 5.76 Å². The Balaban J connectivity index is 2.86. The molecule has 15 heavy (non-hydrogen) atoms. The van der Waals surface area contributed by atoms with Crippen LogP contribution in [0.25, 0.3) is 6.08 Å². The molecule has 3 heteroatoms. The predicted octanol–water partition coefficient (Wildman–Crippen LogP) is 2.62. The molecule has 0 fully saturated rings. The number of rotatable bonds is 3. The first kappa shape index (κ1) is 11.0. The number of hydrogen-bond donors (Lipinski definition) is 2. The highest BCUT2D eigenvalue weighted by Crippen LogP contribution is 2.07. The van der Waals surface area contributed by atoms with E-state index in [-0.39, 0.29) is 11.3 Å². The molecule has 0 aromatic heterocycles. The fourth-order valence-corrected chi connectivity index (χ4v) is 1.05. The zero-order chi connectivity index (χ0) is 11.3. The van der Waals surface area contributed by atoms with Crippen molar-refractivity contribution >= 4 is 12.0 Å². The summed E-state index contributed by atoms with van der Waals surface area (Å²) >= 11 is 0. The van der Waals surface area contributed by atoms with Crippen LogP contribution in [0.2, 0.25) is 0 Å². The molecule has 3 nitrogen and oxygen atoms in total. The Labute approximate surface area is 88.0 Å². The van der Waals surface area contributed by atoms with E-state index in [4.69, 9.17) is 5.11 Å². The first-order chi connectivity index (χ1) is 7.09. The third-order valence-electron chi connectivity index (χ3n) is 1.82. The maximum atomic E-state index is 10.5. The zero-order valence-electron chi connectivity index (χ0n) is 8.34. The normalized spacial score (nSPS) is 12.6. The molecule has 0 saturated heterocycles. The molecule has 0 heterocycles. The van der Waals surface area contributed by atoms with Gasteiger partial charge in [-0.1, -0.05) is 30.3 Å². The van der Waals surface area contributed by atoms with Gasteiger partial charge >= 0.3 is 5.97 Å². The fourth-order valence-electron chi connectivity index (χ4n) is 1.05. The van der Waals surface area contributed by atoms with Crippen molar-refractivity contribution in [3.63, 3.8) is 0 Å². The Kier molecular flexibility index (Phi) is 3.68. The van der Waals surface area contributed by atoms with Gasteiger partial charge in [-0.15, -0.1) is 0 Å². The molecule has 0 aliphatic rings. The van der Waals surface area contributed by atoms with E-state index in [1.165, 1.54) is 19.1 Å². The number of aliphatic hydroxyl groups is 1. The SMILES string of the molecule is CC(=CC(O)=Cc1ccccc1)C(=O)O. The first-order valence-electron chi connectivity index (χ1n) is 4.47. The third-order valence-corrected chi connectivity index (χ3v) is 1.82. The molecule has 0 spiro atoms. The van der Waals surface area contributed by atoms with Crippen molar-refractivity contribution in [3.05, 3.63) is 53.3 Å². The van der Waals surface area contributed by atoms with Gasteiger partial charge < -0.3 is 10.2 Å². The van der Waals surface area contributed by atoms with Crippen LogP contribution in [0.4, 0.5) is 0 Å². The standard InChI is InChI=1S/C12H12O3/c1-9(12(14)15)7-11(13)8-10-5-3-2-4-6-10/h2-8,13H,1H3,(H,14,15). The van der Waals surface area contributed by atoms with Crippen molar-refractivity contribution in [3.8, 4) is 0 Å². The van der Waals surface area contributed by atoms with Gasteiger partial charge in [-0.2, -0.15) is 0 Å². The van der Waals surface area contributed by atoms with Gasteiger partial charge in [0.15, 0.2) is 0 Å². The Hall–Kier alpha value is -2.03. The number of carbonyl (C=O) groups is 1. The molecular weight excluding hydrogens is 192 g/mol. The van der Waals surface area contributed by atoms with Crippen LogP contribution in [0.1, 0.15) is 12.5 Å². The summed E-state index contributed by atoms with van der Waals surface area (Å²) < 4.78 is 0. The average Bonchev–Trinajstić information content (AvgIpc) is 2.18. The number of carboxylic acid groups (broad SMARTS) is 1. The van der Waals surface area contributed by atoms with Gasteiger partial charge in [-0.3, -0.25) is 0 Å². The van der Waals surface area contributed by atoms with Gasteiger partial charge in [-0.05, 0) is 24.6 Å². The summed E-state index contributed by atoms with van der Waals surface area (Å²) in [6.45, 7) is 1.43. The molecule has 0 unspecified atom stereocenters. The van der Waals surface area contributed by atoms with E-state index < -0.39 is 5.97 Å². The molecule has 0 radical (unpaired) electrons. The molecule has 1 aromatic rings. The Bertz CT molecular complexity index is 402. The summed E-state index contributed by atoms with van der Waals surface area (Å²) in [6, 6.07) is 9.19. The Morgan fingerprint density at radius 3 is 2.33 bits per heavy atom. The number of benzene rings is 1. The molecule has 1 aromatic carbocycles. The third kappa shape index (κ3) is 3.68. The fraction of sp³-hybridized carbons (Fsp3) is 0.0833. The molecule has 2 N–H and O–H groups in total. The van der Waals surface area contributed by atoms with E-state index in [9.17, 15) is 9.90 Å². The van der Waals surface area contributed by atoms with E-state index in [1.807, 2.05) is 30.3 Å². The monoisotopic (exact) mass is 204 g/mol. The molecule has 78 valence electrons. The largest absolute Gasteiger partial charge is 0.508 e. The second-order valence-electron chi connectivity index (χ2n) is 3.11. The number of hydrogen-bond acceptors (Lipinski definition) is 2. The summed E-state index contributed by atoms with van der Waals surface area (Å²) in [4.78, 5) is 10.5. The van der Waals surface area contributed by atoms with Crippen LogP contribution in [0.3, 0.4) is 0 Å². The van der Waals surface area contributed by atoms with E-state index in [1.54, 1.807) is 0 Å². The van der Waals surface area contributed by atoms with Crippen LogP contribution >= 0.6 is 0 Å². The summed E-state index contributed by atoms with van der Waals surface area (Å²) in [6.07, 6.45) is 2.72. The lowest BCUT2D eigenvalue weighted by Gasteiger charge is -1.95. The van der Waals surface area contributed by atoms with Crippen LogP contribution in [-0.2, 0) is 4.79 Å². The number of allylic oxidation sites excluding steroid dienone is 1. The van der Waals surface area contributed by atoms with Crippen LogP contribution in [0, 0.1) is 0 Å². The van der Waals surface area contributed by atoms with Crippen molar-refractivity contribution in [1.82, 2.24) is 0 Å². The molecule has 0 saturated carbocycles. The van der Waals surface area contributed by atoms with Crippen molar-refractivity contribution < 1.29 is 15.0 Å². The number of carboxylic acids is 1. The lowest BCUT2D eigenvalue weighted by Crippen LogP contribution is -1.96. The van der Waals surface area contributed by atoms with Crippen LogP contribution in [0.5, 0.6) is 0 Å². The minimum atomic E-state index is -1.04. The van der Waals surface area contributed by atoms with E-state index in [2.05, 4.69) is 0 Å². The second-order valence-corrected chi connectivity index (χ2v) is 3.11.